The molecule has 0 radical (unpaired) electrons. The summed E-state index contributed by atoms with van der Waals surface area (Å²) in [7, 11) is 0. The van der Waals surface area contributed by atoms with Crippen molar-refractivity contribution in [1.82, 2.24) is 25.3 Å². The van der Waals surface area contributed by atoms with Gasteiger partial charge in [-0.25, -0.2) is 19.9 Å². The summed E-state index contributed by atoms with van der Waals surface area (Å²) in [5.74, 6) is 1.96. The Morgan fingerprint density at radius 2 is 1.72 bits per heavy atom. The van der Waals surface area contributed by atoms with Crippen LogP contribution in [0.25, 0.3) is 0 Å². The third kappa shape index (κ3) is 4.20. The van der Waals surface area contributed by atoms with Gasteiger partial charge in [0.15, 0.2) is 0 Å². The van der Waals surface area contributed by atoms with Crippen molar-refractivity contribution >= 4 is 17.7 Å². The first-order valence-corrected chi connectivity index (χ1v) is 8.46. The number of aryl methyl sites for hydroxylation is 1. The molecule has 1 aliphatic rings. The first kappa shape index (κ1) is 17.1. The highest BCUT2D eigenvalue weighted by molar-refractivity contribution is 5.93. The number of amides is 1. The quantitative estimate of drug-likeness (QED) is 0.889. The predicted octanol–water partition coefficient (Wildman–Crippen LogP) is 1.04. The molecule has 0 saturated carbocycles. The van der Waals surface area contributed by atoms with Crippen LogP contribution in [-0.4, -0.2) is 58.1 Å². The molecule has 0 atom stereocenters. The largest absolute Gasteiger partial charge is 0.353 e. The summed E-state index contributed by atoms with van der Waals surface area (Å²) in [6, 6.07) is 3.65. The molecule has 8 heteroatoms. The van der Waals surface area contributed by atoms with Crippen molar-refractivity contribution in [2.75, 3.05) is 36.0 Å². The molecule has 3 heterocycles. The summed E-state index contributed by atoms with van der Waals surface area (Å²) < 4.78 is 0. The molecule has 8 nitrogen and oxygen atoms in total. The van der Waals surface area contributed by atoms with Gasteiger partial charge in [0.2, 0.25) is 5.95 Å². The second-order valence-corrected chi connectivity index (χ2v) is 6.31. The summed E-state index contributed by atoms with van der Waals surface area (Å²) in [4.78, 5) is 33.9. The van der Waals surface area contributed by atoms with Gasteiger partial charge in [0.1, 0.15) is 17.3 Å². The summed E-state index contributed by atoms with van der Waals surface area (Å²) in [5, 5.41) is 2.87. The zero-order valence-electron chi connectivity index (χ0n) is 14.8. The Hall–Kier alpha value is -2.77. The fourth-order valence-electron chi connectivity index (χ4n) is 2.76. The van der Waals surface area contributed by atoms with Gasteiger partial charge in [-0.3, -0.25) is 4.79 Å². The third-order valence-corrected chi connectivity index (χ3v) is 3.92. The van der Waals surface area contributed by atoms with E-state index in [0.717, 1.165) is 37.9 Å². The molecule has 0 unspecified atom stereocenters. The molecule has 3 rings (SSSR count). The SMILES string of the molecule is Cc1nc(C(=O)NC(C)C)cc(N2CCN(c3ncccn3)CC2)n1. The molecule has 1 aliphatic heterocycles. The number of nitrogens with zero attached hydrogens (tertiary/aromatic N) is 6. The van der Waals surface area contributed by atoms with E-state index >= 15 is 0 Å². The van der Waals surface area contributed by atoms with Crippen LogP contribution >= 0.6 is 0 Å². The summed E-state index contributed by atoms with van der Waals surface area (Å²) in [6.07, 6.45) is 3.50. The number of rotatable bonds is 4. The van der Waals surface area contributed by atoms with E-state index in [1.54, 1.807) is 18.5 Å². The minimum absolute atomic E-state index is 0.0700. The van der Waals surface area contributed by atoms with Crippen molar-refractivity contribution in [3.05, 3.63) is 36.0 Å². The maximum atomic E-state index is 12.2. The number of piperazine rings is 1. The fraction of sp³-hybridized carbons (Fsp3) is 0.471. The van der Waals surface area contributed by atoms with Crippen LogP contribution < -0.4 is 15.1 Å². The number of anilines is 2. The lowest BCUT2D eigenvalue weighted by atomic mass is 10.2. The first-order valence-electron chi connectivity index (χ1n) is 8.46. The number of carbonyl (C=O) groups is 1. The highest BCUT2D eigenvalue weighted by Crippen LogP contribution is 2.17. The van der Waals surface area contributed by atoms with Gasteiger partial charge < -0.3 is 15.1 Å². The van der Waals surface area contributed by atoms with Gasteiger partial charge in [-0.2, -0.15) is 0 Å². The second-order valence-electron chi connectivity index (χ2n) is 6.31. The lowest BCUT2D eigenvalue weighted by Gasteiger charge is -2.35. The van der Waals surface area contributed by atoms with E-state index in [0.29, 0.717) is 11.5 Å². The Bertz CT molecular complexity index is 727. The highest BCUT2D eigenvalue weighted by Gasteiger charge is 2.21. The monoisotopic (exact) mass is 341 g/mol. The molecular formula is C17H23N7O. The molecule has 2 aromatic heterocycles. The Balaban J connectivity index is 1.71. The summed E-state index contributed by atoms with van der Waals surface area (Å²) in [6.45, 7) is 8.86. The average Bonchev–Trinajstić information content (AvgIpc) is 2.61. The molecule has 1 N–H and O–H groups in total. The number of carbonyl (C=O) groups excluding carboxylic acids is 1. The molecule has 0 aliphatic carbocycles. The van der Waals surface area contributed by atoms with Crippen LogP contribution in [0.2, 0.25) is 0 Å². The van der Waals surface area contributed by atoms with Crippen LogP contribution in [-0.2, 0) is 0 Å². The molecule has 0 bridgehead atoms. The molecule has 132 valence electrons. The van der Waals surface area contributed by atoms with E-state index in [-0.39, 0.29) is 11.9 Å². The minimum atomic E-state index is -0.168. The zero-order chi connectivity index (χ0) is 17.8. The van der Waals surface area contributed by atoms with Gasteiger partial charge in [0, 0.05) is 50.7 Å². The summed E-state index contributed by atoms with van der Waals surface area (Å²) >= 11 is 0. The van der Waals surface area contributed by atoms with Crippen molar-refractivity contribution in [2.24, 2.45) is 0 Å². The van der Waals surface area contributed by atoms with Gasteiger partial charge in [0.05, 0.1) is 0 Å². The Kier molecular flexibility index (Phi) is 5.06. The number of nitrogens with one attached hydrogen (secondary N) is 1. The van der Waals surface area contributed by atoms with E-state index in [1.165, 1.54) is 0 Å². The van der Waals surface area contributed by atoms with Gasteiger partial charge >= 0.3 is 0 Å². The maximum Gasteiger partial charge on any atom is 0.270 e. The van der Waals surface area contributed by atoms with Crippen LogP contribution in [0.1, 0.15) is 30.2 Å². The number of hydrogen-bond donors (Lipinski definition) is 1. The van der Waals surface area contributed by atoms with Crippen LogP contribution in [0.4, 0.5) is 11.8 Å². The van der Waals surface area contributed by atoms with Crippen LogP contribution in [0.3, 0.4) is 0 Å². The third-order valence-electron chi connectivity index (χ3n) is 3.92. The van der Waals surface area contributed by atoms with Crippen LogP contribution in [0, 0.1) is 6.92 Å². The fourth-order valence-corrected chi connectivity index (χ4v) is 2.76. The van der Waals surface area contributed by atoms with Gasteiger partial charge in [-0.1, -0.05) is 0 Å². The van der Waals surface area contributed by atoms with E-state index in [9.17, 15) is 4.79 Å². The Morgan fingerprint density at radius 1 is 1.08 bits per heavy atom. The van der Waals surface area contributed by atoms with E-state index in [4.69, 9.17) is 0 Å². The highest BCUT2D eigenvalue weighted by atomic mass is 16.1. The lowest BCUT2D eigenvalue weighted by molar-refractivity contribution is 0.0937. The van der Waals surface area contributed by atoms with Gasteiger partial charge in [-0.05, 0) is 26.8 Å². The molecule has 0 aromatic carbocycles. The number of aromatic nitrogens is 4. The van der Waals surface area contributed by atoms with Gasteiger partial charge in [0.25, 0.3) is 5.91 Å². The average molecular weight is 341 g/mol. The number of hydrogen-bond acceptors (Lipinski definition) is 7. The van der Waals surface area contributed by atoms with Crippen molar-refractivity contribution in [1.29, 1.82) is 0 Å². The molecular weight excluding hydrogens is 318 g/mol. The smallest absolute Gasteiger partial charge is 0.270 e. The molecule has 1 saturated heterocycles. The van der Waals surface area contributed by atoms with E-state index < -0.39 is 0 Å². The Morgan fingerprint density at radius 3 is 2.36 bits per heavy atom. The second kappa shape index (κ2) is 7.42. The maximum absolute atomic E-state index is 12.2. The predicted molar refractivity (Wildman–Crippen MR) is 95.8 cm³/mol. The van der Waals surface area contributed by atoms with Crippen molar-refractivity contribution in [2.45, 2.75) is 26.8 Å². The van der Waals surface area contributed by atoms with Crippen molar-refractivity contribution in [3.63, 3.8) is 0 Å². The van der Waals surface area contributed by atoms with Crippen LogP contribution in [0.5, 0.6) is 0 Å². The van der Waals surface area contributed by atoms with Gasteiger partial charge in [-0.15, -0.1) is 0 Å². The van der Waals surface area contributed by atoms with Crippen molar-refractivity contribution < 1.29 is 4.79 Å². The normalized spacial score (nSPS) is 14.7. The lowest BCUT2D eigenvalue weighted by Crippen LogP contribution is -2.47. The van der Waals surface area contributed by atoms with Crippen molar-refractivity contribution in [3.8, 4) is 0 Å². The van der Waals surface area contributed by atoms with E-state index in [1.807, 2.05) is 26.8 Å². The minimum Gasteiger partial charge on any atom is -0.353 e. The summed E-state index contributed by atoms with van der Waals surface area (Å²) in [5.41, 5.74) is 0.407. The standard InChI is InChI=1S/C17H23N7O/c1-12(2)20-16(25)14-11-15(22-13(3)21-14)23-7-9-24(10-8-23)17-18-5-4-6-19-17/h4-6,11-12H,7-10H2,1-3H3,(H,20,25). The molecule has 1 amide bonds. The molecule has 2 aromatic rings. The topological polar surface area (TPSA) is 87.1 Å². The Labute approximate surface area is 147 Å². The molecule has 1 fully saturated rings. The first-order chi connectivity index (χ1) is 12.0. The molecule has 25 heavy (non-hydrogen) atoms. The molecule has 0 spiro atoms. The van der Waals surface area contributed by atoms with E-state index in [2.05, 4.69) is 35.1 Å². The van der Waals surface area contributed by atoms with Crippen LogP contribution in [0.15, 0.2) is 24.5 Å². The zero-order valence-corrected chi connectivity index (χ0v) is 14.8.